The lowest BCUT2D eigenvalue weighted by atomic mass is 10.0. The molecule has 0 aliphatic rings. The number of esters is 1. The van der Waals surface area contributed by atoms with Crippen LogP contribution in [0.15, 0.2) is 59.2 Å². The van der Waals surface area contributed by atoms with Crippen LogP contribution >= 0.6 is 0 Å². The second-order valence-corrected chi connectivity index (χ2v) is 13.4. The Bertz CT molecular complexity index is 1470. The Morgan fingerprint density at radius 1 is 0.907 bits per heavy atom. The summed E-state index contributed by atoms with van der Waals surface area (Å²) >= 11 is 0. The fourth-order valence-electron chi connectivity index (χ4n) is 4.26. The van der Waals surface area contributed by atoms with Crippen molar-refractivity contribution in [2.45, 2.75) is 84.7 Å². The quantitative estimate of drug-likeness (QED) is 0.122. The van der Waals surface area contributed by atoms with E-state index in [1.165, 1.54) is 24.3 Å². The number of hydrogen-bond acceptors (Lipinski definition) is 8. The Morgan fingerprint density at radius 2 is 1.51 bits per heavy atom. The highest BCUT2D eigenvalue weighted by atomic mass is 32.2. The van der Waals surface area contributed by atoms with Crippen molar-refractivity contribution in [3.8, 4) is 11.5 Å². The molecule has 0 saturated heterocycles. The highest BCUT2D eigenvalue weighted by Gasteiger charge is 2.48. The molecule has 0 spiro atoms. The zero-order valence-electron chi connectivity index (χ0n) is 25.4. The molecule has 3 aromatic rings. The van der Waals surface area contributed by atoms with Crippen LogP contribution < -0.4 is 8.92 Å². The second-order valence-electron chi connectivity index (χ2n) is 11.8. The summed E-state index contributed by atoms with van der Waals surface area (Å²) in [6.07, 6.45) is 2.12. The van der Waals surface area contributed by atoms with Gasteiger partial charge in [0.1, 0.15) is 22.9 Å². The van der Waals surface area contributed by atoms with Gasteiger partial charge in [-0.25, -0.2) is 4.79 Å². The number of rotatable bonds is 12. The van der Waals surface area contributed by atoms with Crippen LogP contribution in [-0.4, -0.2) is 42.5 Å². The van der Waals surface area contributed by atoms with E-state index in [1.54, 1.807) is 46.9 Å². The van der Waals surface area contributed by atoms with E-state index in [4.69, 9.17) is 13.9 Å². The van der Waals surface area contributed by atoms with Crippen molar-refractivity contribution in [3.63, 3.8) is 0 Å². The predicted octanol–water partition coefficient (Wildman–Crippen LogP) is 6.87. The van der Waals surface area contributed by atoms with Gasteiger partial charge in [-0.05, 0) is 101 Å². The minimum Gasteiger partial charge on any atom is -0.476 e. The summed E-state index contributed by atoms with van der Waals surface area (Å²) in [6, 6.07) is 13.1. The van der Waals surface area contributed by atoms with E-state index >= 15 is 0 Å². The fraction of sp³-hybridized carbons (Fsp3) is 0.452. The number of aryl methyl sites for hydroxylation is 2. The molecule has 0 aliphatic heterocycles. The summed E-state index contributed by atoms with van der Waals surface area (Å²) in [6.45, 7) is 14.2. The van der Waals surface area contributed by atoms with Crippen molar-refractivity contribution < 1.29 is 44.5 Å². The van der Waals surface area contributed by atoms with Crippen molar-refractivity contribution in [1.82, 2.24) is 4.90 Å². The van der Waals surface area contributed by atoms with Crippen molar-refractivity contribution >= 4 is 16.1 Å². The first-order valence-corrected chi connectivity index (χ1v) is 15.0. The van der Waals surface area contributed by atoms with Crippen LogP contribution in [0.3, 0.4) is 0 Å². The van der Waals surface area contributed by atoms with Crippen LogP contribution in [0.2, 0.25) is 0 Å². The minimum atomic E-state index is -5.74. The van der Waals surface area contributed by atoms with Gasteiger partial charge in [0.2, 0.25) is 0 Å². The summed E-state index contributed by atoms with van der Waals surface area (Å²) < 4.78 is 81.8. The highest BCUT2D eigenvalue weighted by molar-refractivity contribution is 7.88. The van der Waals surface area contributed by atoms with Crippen molar-refractivity contribution in [2.75, 3.05) is 6.54 Å². The Morgan fingerprint density at radius 3 is 2.02 bits per heavy atom. The number of hydrogen-bond donors (Lipinski definition) is 0. The molecule has 1 aromatic heterocycles. The molecular weight excluding hydrogens is 587 g/mol. The lowest BCUT2D eigenvalue weighted by Crippen LogP contribution is -2.43. The molecule has 0 amide bonds. The molecule has 0 fully saturated rings. The topological polar surface area (TPSA) is 95.3 Å². The van der Waals surface area contributed by atoms with Gasteiger partial charge in [0.15, 0.2) is 5.60 Å². The molecule has 0 aliphatic carbocycles. The summed E-state index contributed by atoms with van der Waals surface area (Å²) in [5.74, 6) is 0.478. The van der Waals surface area contributed by atoms with E-state index < -0.39 is 38.5 Å². The monoisotopic (exact) mass is 625 g/mol. The van der Waals surface area contributed by atoms with Gasteiger partial charge in [0.25, 0.3) is 0 Å². The van der Waals surface area contributed by atoms with Crippen molar-refractivity contribution in [1.29, 1.82) is 0 Å². The van der Waals surface area contributed by atoms with Gasteiger partial charge in [-0.1, -0.05) is 24.3 Å². The number of furan rings is 1. The lowest BCUT2D eigenvalue weighted by Gasteiger charge is -2.30. The third-order valence-corrected chi connectivity index (χ3v) is 7.24. The second kappa shape index (κ2) is 13.0. The maximum absolute atomic E-state index is 12.7. The molecule has 0 saturated carbocycles. The lowest BCUT2D eigenvalue weighted by molar-refractivity contribution is -0.171. The highest BCUT2D eigenvalue weighted by Crippen LogP contribution is 2.31. The van der Waals surface area contributed by atoms with Crippen LogP contribution in [0.25, 0.3) is 0 Å². The Labute approximate surface area is 250 Å². The zero-order chi connectivity index (χ0) is 32.2. The van der Waals surface area contributed by atoms with E-state index in [0.29, 0.717) is 31.8 Å². The van der Waals surface area contributed by atoms with E-state index in [1.807, 2.05) is 32.0 Å². The fourth-order valence-corrected chi connectivity index (χ4v) is 4.72. The molecule has 3 rings (SSSR count). The average molecular weight is 626 g/mol. The number of carbonyl (C=O) groups excluding carboxylic acids is 1. The standard InChI is InChI=1S/C31H38F3NO7S/c1-21-17-24(18-22(2)27(21)40-30(6,7)28(36)41-29(3,4)5)19-35(20-26-9-8-16-39-26)15-14-23-10-12-25(13-11-23)42-43(37,38)31(32,33)34/h8-13,16-18H,14-15,19-20H2,1-7H3. The summed E-state index contributed by atoms with van der Waals surface area (Å²) in [7, 11) is -5.74. The molecule has 1 heterocycles. The van der Waals surface area contributed by atoms with Crippen molar-refractivity contribution in [3.05, 3.63) is 82.8 Å². The van der Waals surface area contributed by atoms with Crippen LogP contribution in [-0.2, 0) is 39.2 Å². The maximum atomic E-state index is 12.7. The Balaban J connectivity index is 1.73. The van der Waals surface area contributed by atoms with Crippen molar-refractivity contribution in [2.24, 2.45) is 0 Å². The summed E-state index contributed by atoms with van der Waals surface area (Å²) in [5.41, 5.74) is -3.86. The van der Waals surface area contributed by atoms with E-state index in [0.717, 1.165) is 28.0 Å². The minimum absolute atomic E-state index is 0.420. The molecule has 2 aromatic carbocycles. The number of ether oxygens (including phenoxy) is 2. The van der Waals surface area contributed by atoms with Gasteiger partial charge in [-0.15, -0.1) is 0 Å². The summed E-state index contributed by atoms with van der Waals surface area (Å²) in [4.78, 5) is 14.9. The molecule has 0 radical (unpaired) electrons. The summed E-state index contributed by atoms with van der Waals surface area (Å²) in [5, 5.41) is 0. The Kier molecular flexibility index (Phi) is 10.3. The SMILES string of the molecule is Cc1cc(CN(CCc2ccc(OS(=O)(=O)C(F)(F)F)cc2)Cc2ccco2)cc(C)c1OC(C)(C)C(=O)OC(C)(C)C. The predicted molar refractivity (Wildman–Crippen MR) is 155 cm³/mol. The number of benzene rings is 2. The first-order chi connectivity index (χ1) is 19.8. The van der Waals surface area contributed by atoms with Gasteiger partial charge in [0, 0.05) is 13.1 Å². The maximum Gasteiger partial charge on any atom is 0.534 e. The number of nitrogens with zero attached hydrogens (tertiary/aromatic N) is 1. The van der Waals surface area contributed by atoms with Crippen LogP contribution in [0.5, 0.6) is 11.5 Å². The van der Waals surface area contributed by atoms with Gasteiger partial charge >= 0.3 is 21.6 Å². The smallest absolute Gasteiger partial charge is 0.476 e. The molecule has 12 heteroatoms. The van der Waals surface area contributed by atoms with Gasteiger partial charge in [0.05, 0.1) is 12.8 Å². The molecule has 43 heavy (non-hydrogen) atoms. The van der Waals surface area contributed by atoms with E-state index in [2.05, 4.69) is 9.08 Å². The normalized spacial score (nSPS) is 12.8. The number of carbonyl (C=O) groups is 1. The third kappa shape index (κ3) is 9.75. The Hall–Kier alpha value is -3.51. The van der Waals surface area contributed by atoms with Crippen LogP contribution in [0.1, 0.15) is 62.6 Å². The zero-order valence-corrected chi connectivity index (χ0v) is 26.2. The molecule has 236 valence electrons. The molecule has 8 nitrogen and oxygen atoms in total. The molecule has 0 unspecified atom stereocenters. The average Bonchev–Trinajstić information content (AvgIpc) is 3.37. The van der Waals surface area contributed by atoms with Crippen LogP contribution in [0.4, 0.5) is 13.2 Å². The number of alkyl halides is 3. The largest absolute Gasteiger partial charge is 0.534 e. The molecule has 0 N–H and O–H groups in total. The molecule has 0 bridgehead atoms. The molecule has 0 atom stereocenters. The van der Waals surface area contributed by atoms with Gasteiger partial charge in [-0.3, -0.25) is 4.90 Å². The van der Waals surface area contributed by atoms with E-state index in [9.17, 15) is 26.4 Å². The van der Waals surface area contributed by atoms with E-state index in [-0.39, 0.29) is 0 Å². The third-order valence-electron chi connectivity index (χ3n) is 6.26. The van der Waals surface area contributed by atoms with Gasteiger partial charge in [-0.2, -0.15) is 21.6 Å². The first kappa shape index (κ1) is 34.0. The number of halogens is 3. The van der Waals surface area contributed by atoms with Crippen LogP contribution in [0, 0.1) is 13.8 Å². The van der Waals surface area contributed by atoms with Gasteiger partial charge < -0.3 is 18.1 Å². The molecular formula is C31H38F3NO7S. The first-order valence-electron chi connectivity index (χ1n) is 13.6.